The van der Waals surface area contributed by atoms with E-state index in [0.717, 1.165) is 32.4 Å². The van der Waals surface area contributed by atoms with Crippen LogP contribution in [0.15, 0.2) is 12.7 Å². The summed E-state index contributed by atoms with van der Waals surface area (Å²) in [7, 11) is 2.01. The first-order valence-corrected chi connectivity index (χ1v) is 7.46. The van der Waals surface area contributed by atoms with Gasteiger partial charge < -0.3 is 15.1 Å². The molecule has 0 spiro atoms. The van der Waals surface area contributed by atoms with E-state index in [1.165, 1.54) is 0 Å². The van der Waals surface area contributed by atoms with Gasteiger partial charge in [0.15, 0.2) is 0 Å². The van der Waals surface area contributed by atoms with Crippen molar-refractivity contribution in [3.8, 4) is 0 Å². The summed E-state index contributed by atoms with van der Waals surface area (Å²) >= 11 is 0. The van der Waals surface area contributed by atoms with Crippen molar-refractivity contribution in [2.24, 2.45) is 0 Å². The van der Waals surface area contributed by atoms with Crippen LogP contribution >= 0.6 is 0 Å². The summed E-state index contributed by atoms with van der Waals surface area (Å²) < 4.78 is 0. The molecule has 0 bridgehead atoms. The zero-order chi connectivity index (χ0) is 15.0. The zero-order valence-corrected chi connectivity index (χ0v) is 12.7. The molecule has 1 aliphatic rings. The van der Waals surface area contributed by atoms with Gasteiger partial charge in [-0.3, -0.25) is 9.59 Å². The van der Waals surface area contributed by atoms with Gasteiger partial charge in [-0.2, -0.15) is 0 Å². The largest absolute Gasteiger partial charge is 0.344 e. The number of carbonyl (C=O) groups is 2. The fourth-order valence-corrected chi connectivity index (χ4v) is 2.41. The summed E-state index contributed by atoms with van der Waals surface area (Å²) in [6.07, 6.45) is 4.96. The van der Waals surface area contributed by atoms with Crippen LogP contribution in [0.25, 0.3) is 0 Å². The van der Waals surface area contributed by atoms with Crippen molar-refractivity contribution in [3.63, 3.8) is 0 Å². The molecule has 1 N–H and O–H groups in total. The van der Waals surface area contributed by atoms with Crippen LogP contribution in [0.3, 0.4) is 0 Å². The second-order valence-electron chi connectivity index (χ2n) is 5.33. The van der Waals surface area contributed by atoms with E-state index in [9.17, 15) is 9.59 Å². The smallest absolute Gasteiger partial charge is 0.245 e. The molecule has 1 atom stereocenters. The lowest BCUT2D eigenvalue weighted by atomic mass is 10.1. The maximum Gasteiger partial charge on any atom is 0.245 e. The van der Waals surface area contributed by atoms with Gasteiger partial charge in [0.25, 0.3) is 0 Å². The van der Waals surface area contributed by atoms with Gasteiger partial charge >= 0.3 is 0 Å². The fraction of sp³-hybridized carbons (Fsp3) is 0.733. The van der Waals surface area contributed by atoms with Gasteiger partial charge in [-0.05, 0) is 26.8 Å². The quantitative estimate of drug-likeness (QED) is 0.709. The normalized spacial score (nSPS) is 19.4. The molecule has 0 aromatic carbocycles. The summed E-state index contributed by atoms with van der Waals surface area (Å²) in [5, 5.41) is 2.85. The molecule has 1 aliphatic heterocycles. The van der Waals surface area contributed by atoms with Crippen LogP contribution in [0.2, 0.25) is 0 Å². The van der Waals surface area contributed by atoms with E-state index in [4.69, 9.17) is 0 Å². The van der Waals surface area contributed by atoms with Crippen molar-refractivity contribution in [2.45, 2.75) is 38.6 Å². The summed E-state index contributed by atoms with van der Waals surface area (Å²) in [5.41, 5.74) is 0. The van der Waals surface area contributed by atoms with E-state index in [1.54, 1.807) is 0 Å². The summed E-state index contributed by atoms with van der Waals surface area (Å²) in [6.45, 7) is 8.67. The molecule has 0 saturated carbocycles. The SMILES string of the molecule is C=CCN(C)CCN(CC)C(=O)C1CCCCC(=O)N1. The Morgan fingerprint density at radius 2 is 2.20 bits per heavy atom. The van der Waals surface area contributed by atoms with Crippen LogP contribution in [0, 0.1) is 0 Å². The Kier molecular flexibility index (Phi) is 7.30. The van der Waals surface area contributed by atoms with Crippen LogP contribution in [0.5, 0.6) is 0 Å². The van der Waals surface area contributed by atoms with Gasteiger partial charge in [-0.25, -0.2) is 0 Å². The second-order valence-corrected chi connectivity index (χ2v) is 5.33. The minimum Gasteiger partial charge on any atom is -0.344 e. The molecule has 1 rings (SSSR count). The van der Waals surface area contributed by atoms with E-state index >= 15 is 0 Å². The van der Waals surface area contributed by atoms with E-state index in [2.05, 4.69) is 16.8 Å². The molecule has 0 radical (unpaired) electrons. The Morgan fingerprint density at radius 3 is 2.85 bits per heavy atom. The lowest BCUT2D eigenvalue weighted by Gasteiger charge is -2.27. The molecule has 1 fully saturated rings. The van der Waals surface area contributed by atoms with Gasteiger partial charge in [0.2, 0.25) is 11.8 Å². The number of hydrogen-bond acceptors (Lipinski definition) is 3. The van der Waals surface area contributed by atoms with E-state index in [0.29, 0.717) is 19.5 Å². The Hall–Kier alpha value is -1.36. The average Bonchev–Trinajstić information content (AvgIpc) is 2.64. The van der Waals surface area contributed by atoms with Crippen molar-refractivity contribution in [1.29, 1.82) is 0 Å². The van der Waals surface area contributed by atoms with E-state index in [1.807, 2.05) is 24.9 Å². The molecule has 114 valence electrons. The maximum absolute atomic E-state index is 12.5. The molecule has 1 unspecified atom stereocenters. The molecule has 0 aromatic rings. The number of rotatable bonds is 7. The highest BCUT2D eigenvalue weighted by molar-refractivity contribution is 5.88. The second kappa shape index (κ2) is 8.74. The van der Waals surface area contributed by atoms with E-state index in [-0.39, 0.29) is 17.9 Å². The Balaban J connectivity index is 2.52. The van der Waals surface area contributed by atoms with E-state index < -0.39 is 0 Å². The van der Waals surface area contributed by atoms with Crippen LogP contribution in [-0.2, 0) is 9.59 Å². The van der Waals surface area contributed by atoms with Gasteiger partial charge in [0, 0.05) is 32.6 Å². The Labute approximate surface area is 122 Å². The molecule has 0 aliphatic carbocycles. The molecule has 0 aromatic heterocycles. The number of amides is 2. The van der Waals surface area contributed by atoms with Crippen LogP contribution in [-0.4, -0.2) is 60.9 Å². The monoisotopic (exact) mass is 281 g/mol. The Bertz CT molecular complexity index is 344. The van der Waals surface area contributed by atoms with Crippen LogP contribution < -0.4 is 5.32 Å². The highest BCUT2D eigenvalue weighted by Gasteiger charge is 2.26. The van der Waals surface area contributed by atoms with Gasteiger partial charge in [0.05, 0.1) is 0 Å². The standard InChI is InChI=1S/C15H27N3O2/c1-4-10-17(3)11-12-18(5-2)15(20)13-8-6-7-9-14(19)16-13/h4,13H,1,5-12H2,2-3H3,(H,16,19). The predicted octanol–water partition coefficient (Wildman–Crippen LogP) is 1.01. The number of nitrogens with one attached hydrogen (secondary N) is 1. The van der Waals surface area contributed by atoms with Crippen LogP contribution in [0.4, 0.5) is 0 Å². The fourth-order valence-electron chi connectivity index (χ4n) is 2.41. The average molecular weight is 281 g/mol. The lowest BCUT2D eigenvalue weighted by molar-refractivity contribution is -0.136. The van der Waals surface area contributed by atoms with Gasteiger partial charge in [-0.1, -0.05) is 12.5 Å². The predicted molar refractivity (Wildman–Crippen MR) is 80.3 cm³/mol. The highest BCUT2D eigenvalue weighted by atomic mass is 16.2. The summed E-state index contributed by atoms with van der Waals surface area (Å²) in [6, 6.07) is -0.338. The first-order valence-electron chi connectivity index (χ1n) is 7.46. The first-order chi connectivity index (χ1) is 9.58. The van der Waals surface area contributed by atoms with Gasteiger partial charge in [0.1, 0.15) is 6.04 Å². The van der Waals surface area contributed by atoms with Gasteiger partial charge in [-0.15, -0.1) is 6.58 Å². The van der Waals surface area contributed by atoms with Crippen molar-refractivity contribution in [3.05, 3.63) is 12.7 Å². The molecule has 1 heterocycles. The van der Waals surface area contributed by atoms with Crippen molar-refractivity contribution in [1.82, 2.24) is 15.1 Å². The van der Waals surface area contributed by atoms with Crippen LogP contribution in [0.1, 0.15) is 32.6 Å². The minimum atomic E-state index is -0.338. The number of hydrogen-bond donors (Lipinski definition) is 1. The third kappa shape index (κ3) is 5.33. The molecule has 5 nitrogen and oxygen atoms in total. The third-order valence-corrected chi connectivity index (χ3v) is 3.67. The molecule has 5 heteroatoms. The van der Waals surface area contributed by atoms with Crippen molar-refractivity contribution < 1.29 is 9.59 Å². The maximum atomic E-state index is 12.5. The number of nitrogens with zero attached hydrogens (tertiary/aromatic N) is 2. The molecular weight excluding hydrogens is 254 g/mol. The molecular formula is C15H27N3O2. The topological polar surface area (TPSA) is 52.7 Å². The lowest BCUT2D eigenvalue weighted by Crippen LogP contribution is -2.49. The highest BCUT2D eigenvalue weighted by Crippen LogP contribution is 2.11. The number of likely N-dealkylation sites (N-methyl/N-ethyl adjacent to an activating group) is 2. The molecule has 20 heavy (non-hydrogen) atoms. The number of carbonyl (C=O) groups excluding carboxylic acids is 2. The van der Waals surface area contributed by atoms with Crippen molar-refractivity contribution >= 4 is 11.8 Å². The van der Waals surface area contributed by atoms with Crippen molar-refractivity contribution in [2.75, 3.05) is 33.2 Å². The first kappa shape index (κ1) is 16.7. The summed E-state index contributed by atoms with van der Waals surface area (Å²) in [5.74, 6) is 0.0513. The summed E-state index contributed by atoms with van der Waals surface area (Å²) in [4.78, 5) is 28.0. The molecule has 1 saturated heterocycles. The minimum absolute atomic E-state index is 0.000628. The third-order valence-electron chi connectivity index (χ3n) is 3.67. The molecule has 2 amide bonds. The zero-order valence-electron chi connectivity index (χ0n) is 12.7. The Morgan fingerprint density at radius 1 is 1.45 bits per heavy atom.